The third-order valence-electron chi connectivity index (χ3n) is 3.26. The third-order valence-corrected chi connectivity index (χ3v) is 3.26. The zero-order valence-corrected chi connectivity index (χ0v) is 11.7. The lowest BCUT2D eigenvalue weighted by molar-refractivity contribution is 0.425. The highest BCUT2D eigenvalue weighted by atomic mass is 19.1. The molecule has 1 unspecified atom stereocenters. The Hall–Kier alpha value is -1.94. The van der Waals surface area contributed by atoms with E-state index in [9.17, 15) is 8.78 Å². The Bertz CT molecular complexity index is 613. The van der Waals surface area contributed by atoms with Crippen molar-refractivity contribution in [3.63, 3.8) is 0 Å². The summed E-state index contributed by atoms with van der Waals surface area (Å²) >= 11 is 0. The molecule has 0 aliphatic carbocycles. The van der Waals surface area contributed by atoms with E-state index in [4.69, 9.17) is 4.74 Å². The smallest absolute Gasteiger partial charge is 0.167 e. The fourth-order valence-corrected chi connectivity index (χ4v) is 1.88. The normalized spacial score (nSPS) is 12.2. The summed E-state index contributed by atoms with van der Waals surface area (Å²) in [7, 11) is 1.78. The minimum Gasteiger partial charge on any atom is -0.454 e. The molecule has 0 aliphatic rings. The number of para-hydroxylation sites is 1. The van der Waals surface area contributed by atoms with Crippen LogP contribution < -0.4 is 10.1 Å². The predicted molar refractivity (Wildman–Crippen MR) is 75.1 cm³/mol. The molecule has 2 aromatic carbocycles. The molecule has 0 amide bonds. The van der Waals surface area contributed by atoms with Gasteiger partial charge < -0.3 is 10.1 Å². The Labute approximate surface area is 117 Å². The highest BCUT2D eigenvalue weighted by Crippen LogP contribution is 2.32. The van der Waals surface area contributed by atoms with Crippen LogP contribution in [0.3, 0.4) is 0 Å². The van der Waals surface area contributed by atoms with E-state index in [1.165, 1.54) is 12.1 Å². The van der Waals surface area contributed by atoms with Crippen LogP contribution >= 0.6 is 0 Å². The summed E-state index contributed by atoms with van der Waals surface area (Å²) in [6.07, 6.45) is 0. The van der Waals surface area contributed by atoms with Crippen LogP contribution in [0.1, 0.15) is 24.1 Å². The molecule has 106 valence electrons. The van der Waals surface area contributed by atoms with Crippen molar-refractivity contribution < 1.29 is 13.5 Å². The number of ether oxygens (including phenoxy) is 1. The van der Waals surface area contributed by atoms with Crippen molar-refractivity contribution >= 4 is 0 Å². The van der Waals surface area contributed by atoms with Crippen LogP contribution in [0.5, 0.6) is 11.5 Å². The van der Waals surface area contributed by atoms with Gasteiger partial charge in [0.05, 0.1) is 0 Å². The van der Waals surface area contributed by atoms with Crippen LogP contribution in [-0.2, 0) is 0 Å². The van der Waals surface area contributed by atoms with E-state index in [0.717, 1.165) is 0 Å². The zero-order chi connectivity index (χ0) is 14.7. The molecule has 2 aromatic rings. The second-order valence-corrected chi connectivity index (χ2v) is 4.68. The number of hydrogen-bond acceptors (Lipinski definition) is 2. The van der Waals surface area contributed by atoms with Gasteiger partial charge in [-0.2, -0.15) is 0 Å². The van der Waals surface area contributed by atoms with Gasteiger partial charge in [0.2, 0.25) is 0 Å². The monoisotopic (exact) mass is 277 g/mol. The van der Waals surface area contributed by atoms with Crippen molar-refractivity contribution in [2.24, 2.45) is 0 Å². The quantitative estimate of drug-likeness (QED) is 0.897. The summed E-state index contributed by atoms with van der Waals surface area (Å²) < 4.78 is 33.0. The molecule has 0 aromatic heterocycles. The molecule has 0 spiro atoms. The standard InChI is InChI=1S/C16H17F2NO/c1-10-7-8-12(9-15(10)18)20-16-13(11(2)19-3)5-4-6-14(16)17/h4-9,11,19H,1-3H3. The van der Waals surface area contributed by atoms with E-state index >= 15 is 0 Å². The van der Waals surface area contributed by atoms with E-state index in [2.05, 4.69) is 5.32 Å². The van der Waals surface area contributed by atoms with Crippen LogP contribution in [0.25, 0.3) is 0 Å². The van der Waals surface area contributed by atoms with Gasteiger partial charge in [0.15, 0.2) is 11.6 Å². The number of benzene rings is 2. The molecule has 2 rings (SSSR count). The first-order chi connectivity index (χ1) is 9.52. The molecule has 0 saturated carbocycles. The SMILES string of the molecule is CNC(C)c1cccc(F)c1Oc1ccc(C)c(F)c1. The van der Waals surface area contributed by atoms with Gasteiger partial charge in [-0.1, -0.05) is 18.2 Å². The first-order valence-corrected chi connectivity index (χ1v) is 6.42. The summed E-state index contributed by atoms with van der Waals surface area (Å²) in [4.78, 5) is 0. The summed E-state index contributed by atoms with van der Waals surface area (Å²) in [6, 6.07) is 9.15. The largest absolute Gasteiger partial charge is 0.454 e. The lowest BCUT2D eigenvalue weighted by atomic mass is 10.1. The summed E-state index contributed by atoms with van der Waals surface area (Å²) in [5.74, 6) is -0.437. The van der Waals surface area contributed by atoms with Crippen LogP contribution in [-0.4, -0.2) is 7.05 Å². The molecule has 20 heavy (non-hydrogen) atoms. The lowest BCUT2D eigenvalue weighted by Crippen LogP contribution is -2.13. The summed E-state index contributed by atoms with van der Waals surface area (Å²) in [5, 5.41) is 3.03. The van der Waals surface area contributed by atoms with Crippen LogP contribution in [0, 0.1) is 18.6 Å². The van der Waals surface area contributed by atoms with E-state index in [1.54, 1.807) is 38.2 Å². The zero-order valence-electron chi connectivity index (χ0n) is 11.7. The second kappa shape index (κ2) is 6.01. The molecule has 0 saturated heterocycles. The number of hydrogen-bond donors (Lipinski definition) is 1. The van der Waals surface area contributed by atoms with Gasteiger partial charge in [0.1, 0.15) is 11.6 Å². The Balaban J connectivity index is 2.39. The number of rotatable bonds is 4. The van der Waals surface area contributed by atoms with E-state index < -0.39 is 5.82 Å². The van der Waals surface area contributed by atoms with Crippen LogP contribution in [0.15, 0.2) is 36.4 Å². The Morgan fingerprint density at radius 1 is 1.10 bits per heavy atom. The average molecular weight is 277 g/mol. The topological polar surface area (TPSA) is 21.3 Å². The Morgan fingerprint density at radius 3 is 2.50 bits per heavy atom. The van der Waals surface area contributed by atoms with Gasteiger partial charge in [0.25, 0.3) is 0 Å². The highest BCUT2D eigenvalue weighted by molar-refractivity contribution is 5.41. The molecule has 0 fully saturated rings. The van der Waals surface area contributed by atoms with Crippen LogP contribution in [0.2, 0.25) is 0 Å². The first kappa shape index (κ1) is 14.5. The van der Waals surface area contributed by atoms with Crippen molar-refractivity contribution in [2.75, 3.05) is 7.05 Å². The predicted octanol–water partition coefficient (Wildman–Crippen LogP) is 4.35. The first-order valence-electron chi connectivity index (χ1n) is 6.42. The summed E-state index contributed by atoms with van der Waals surface area (Å²) in [6.45, 7) is 3.56. The van der Waals surface area contributed by atoms with Gasteiger partial charge in [-0.25, -0.2) is 8.78 Å². The summed E-state index contributed by atoms with van der Waals surface area (Å²) in [5.41, 5.74) is 1.21. The fraction of sp³-hybridized carbons (Fsp3) is 0.250. The van der Waals surface area contributed by atoms with E-state index in [0.29, 0.717) is 11.1 Å². The minimum absolute atomic E-state index is 0.0732. The molecular weight excluding hydrogens is 260 g/mol. The molecule has 0 bridgehead atoms. The maximum absolute atomic E-state index is 14.0. The third kappa shape index (κ3) is 2.96. The lowest BCUT2D eigenvalue weighted by Gasteiger charge is -2.17. The number of halogens is 2. The maximum atomic E-state index is 14.0. The van der Waals surface area contributed by atoms with Gasteiger partial charge in [0, 0.05) is 17.7 Å². The number of aryl methyl sites for hydroxylation is 1. The molecule has 0 heterocycles. The fourth-order valence-electron chi connectivity index (χ4n) is 1.88. The molecule has 1 atom stereocenters. The highest BCUT2D eigenvalue weighted by Gasteiger charge is 2.15. The molecule has 0 aliphatic heterocycles. The molecule has 0 radical (unpaired) electrons. The van der Waals surface area contributed by atoms with Gasteiger partial charge >= 0.3 is 0 Å². The molecule has 2 nitrogen and oxygen atoms in total. The van der Waals surface area contributed by atoms with Crippen molar-refractivity contribution in [3.8, 4) is 11.5 Å². The van der Waals surface area contributed by atoms with Crippen molar-refractivity contribution in [1.82, 2.24) is 5.32 Å². The minimum atomic E-state index is -0.467. The van der Waals surface area contributed by atoms with Crippen molar-refractivity contribution in [1.29, 1.82) is 0 Å². The van der Waals surface area contributed by atoms with E-state index in [-0.39, 0.29) is 23.4 Å². The molecule has 1 N–H and O–H groups in total. The average Bonchev–Trinajstić information content (AvgIpc) is 2.44. The molecule has 4 heteroatoms. The number of nitrogens with one attached hydrogen (secondary N) is 1. The maximum Gasteiger partial charge on any atom is 0.167 e. The van der Waals surface area contributed by atoms with Gasteiger partial charge in [-0.15, -0.1) is 0 Å². The second-order valence-electron chi connectivity index (χ2n) is 4.68. The van der Waals surface area contributed by atoms with Gasteiger partial charge in [-0.3, -0.25) is 0 Å². The van der Waals surface area contributed by atoms with Gasteiger partial charge in [-0.05, 0) is 38.6 Å². The van der Waals surface area contributed by atoms with Crippen LogP contribution in [0.4, 0.5) is 8.78 Å². The Kier molecular flexibility index (Phi) is 4.35. The van der Waals surface area contributed by atoms with Crippen molar-refractivity contribution in [3.05, 3.63) is 59.2 Å². The Morgan fingerprint density at radius 2 is 1.85 bits per heavy atom. The molecular formula is C16H17F2NO. The van der Waals surface area contributed by atoms with Crippen molar-refractivity contribution in [2.45, 2.75) is 19.9 Å². The van der Waals surface area contributed by atoms with E-state index in [1.807, 2.05) is 6.92 Å².